The Kier molecular flexibility index (Phi) is 2.54. The van der Waals surface area contributed by atoms with E-state index in [0.29, 0.717) is 0 Å². The maximum Gasteiger partial charge on any atom is 0.141 e. The van der Waals surface area contributed by atoms with Crippen LogP contribution >= 0.6 is 0 Å². The SMILES string of the molecule is Fc1ccc(NCC(C2CC2)C2CC2)nc1. The Hall–Kier alpha value is -1.12. The van der Waals surface area contributed by atoms with Crippen molar-refractivity contribution < 1.29 is 4.39 Å². The molecular formula is C13H17FN2. The Morgan fingerprint density at radius 3 is 2.44 bits per heavy atom. The van der Waals surface area contributed by atoms with E-state index in [2.05, 4.69) is 10.3 Å². The summed E-state index contributed by atoms with van der Waals surface area (Å²) in [7, 11) is 0. The molecule has 1 aromatic rings. The molecule has 86 valence electrons. The van der Waals surface area contributed by atoms with Crippen molar-refractivity contribution in [3.63, 3.8) is 0 Å². The van der Waals surface area contributed by atoms with Crippen molar-refractivity contribution in [3.05, 3.63) is 24.1 Å². The van der Waals surface area contributed by atoms with E-state index >= 15 is 0 Å². The number of hydrogen-bond acceptors (Lipinski definition) is 2. The number of pyridine rings is 1. The van der Waals surface area contributed by atoms with E-state index in [1.54, 1.807) is 6.07 Å². The van der Waals surface area contributed by atoms with Gasteiger partial charge in [-0.2, -0.15) is 0 Å². The molecule has 3 heteroatoms. The first kappa shape index (κ1) is 10.1. The summed E-state index contributed by atoms with van der Waals surface area (Å²) < 4.78 is 12.7. The van der Waals surface area contributed by atoms with E-state index in [9.17, 15) is 4.39 Å². The van der Waals surface area contributed by atoms with Crippen LogP contribution in [0.15, 0.2) is 18.3 Å². The molecule has 0 aliphatic heterocycles. The van der Waals surface area contributed by atoms with Crippen LogP contribution in [-0.2, 0) is 0 Å². The largest absolute Gasteiger partial charge is 0.370 e. The van der Waals surface area contributed by atoms with Crippen molar-refractivity contribution >= 4 is 5.82 Å². The summed E-state index contributed by atoms with van der Waals surface area (Å²) in [6.45, 7) is 1.01. The Morgan fingerprint density at radius 2 is 1.94 bits per heavy atom. The zero-order valence-electron chi connectivity index (χ0n) is 9.32. The van der Waals surface area contributed by atoms with Crippen molar-refractivity contribution in [2.45, 2.75) is 25.7 Å². The monoisotopic (exact) mass is 220 g/mol. The fourth-order valence-electron chi connectivity index (χ4n) is 2.47. The number of hydrogen-bond donors (Lipinski definition) is 1. The van der Waals surface area contributed by atoms with Crippen molar-refractivity contribution in [2.24, 2.45) is 17.8 Å². The van der Waals surface area contributed by atoms with E-state index < -0.39 is 0 Å². The predicted octanol–water partition coefficient (Wildman–Crippen LogP) is 3.07. The summed E-state index contributed by atoms with van der Waals surface area (Å²) in [6, 6.07) is 3.17. The van der Waals surface area contributed by atoms with Crippen molar-refractivity contribution in [1.29, 1.82) is 0 Å². The molecule has 0 spiro atoms. The molecule has 1 N–H and O–H groups in total. The lowest BCUT2D eigenvalue weighted by atomic mass is 9.98. The van der Waals surface area contributed by atoms with E-state index in [1.165, 1.54) is 37.9 Å². The van der Waals surface area contributed by atoms with Gasteiger partial charge in [-0.1, -0.05) is 0 Å². The van der Waals surface area contributed by atoms with Gasteiger partial charge in [0.25, 0.3) is 0 Å². The van der Waals surface area contributed by atoms with Crippen LogP contribution in [0.25, 0.3) is 0 Å². The minimum absolute atomic E-state index is 0.272. The molecule has 2 aliphatic carbocycles. The third-order valence-electron chi connectivity index (χ3n) is 3.70. The highest BCUT2D eigenvalue weighted by atomic mass is 19.1. The lowest BCUT2D eigenvalue weighted by Gasteiger charge is -2.16. The Balaban J connectivity index is 1.56. The van der Waals surface area contributed by atoms with Gasteiger partial charge in [-0.15, -0.1) is 0 Å². The molecule has 2 saturated carbocycles. The molecule has 1 aromatic heterocycles. The molecule has 16 heavy (non-hydrogen) atoms. The number of nitrogens with one attached hydrogen (secondary N) is 1. The van der Waals surface area contributed by atoms with Crippen LogP contribution in [0, 0.1) is 23.6 Å². The van der Waals surface area contributed by atoms with Gasteiger partial charge in [-0.05, 0) is 55.6 Å². The maximum absolute atomic E-state index is 12.7. The van der Waals surface area contributed by atoms with Crippen LogP contribution in [0.1, 0.15) is 25.7 Å². The molecule has 0 atom stereocenters. The molecule has 0 aromatic carbocycles. The van der Waals surface area contributed by atoms with Crippen LogP contribution in [0.2, 0.25) is 0 Å². The van der Waals surface area contributed by atoms with Crippen LogP contribution in [0.4, 0.5) is 10.2 Å². The quantitative estimate of drug-likeness (QED) is 0.825. The fraction of sp³-hybridized carbons (Fsp3) is 0.615. The number of rotatable bonds is 5. The first-order valence-corrected chi connectivity index (χ1v) is 6.18. The lowest BCUT2D eigenvalue weighted by molar-refractivity contribution is 0.427. The van der Waals surface area contributed by atoms with E-state index in [4.69, 9.17) is 0 Å². The third kappa shape index (κ3) is 2.34. The van der Waals surface area contributed by atoms with E-state index in [1.807, 2.05) is 0 Å². The molecule has 1 heterocycles. The maximum atomic E-state index is 12.7. The molecule has 2 nitrogen and oxygen atoms in total. The first-order valence-electron chi connectivity index (χ1n) is 6.18. The van der Waals surface area contributed by atoms with Gasteiger partial charge < -0.3 is 5.32 Å². The van der Waals surface area contributed by atoms with Gasteiger partial charge in [0.05, 0.1) is 6.20 Å². The second-order valence-corrected chi connectivity index (χ2v) is 5.08. The molecule has 0 saturated heterocycles. The van der Waals surface area contributed by atoms with Gasteiger partial charge in [0.15, 0.2) is 0 Å². The normalized spacial score (nSPS) is 20.1. The Labute approximate surface area is 95.3 Å². The molecule has 0 unspecified atom stereocenters. The van der Waals surface area contributed by atoms with Crippen LogP contribution in [0.3, 0.4) is 0 Å². The summed E-state index contributed by atoms with van der Waals surface area (Å²) in [6.07, 6.45) is 6.88. The highest BCUT2D eigenvalue weighted by molar-refractivity contribution is 5.33. The number of aromatic nitrogens is 1. The summed E-state index contributed by atoms with van der Waals surface area (Å²) in [5, 5.41) is 3.34. The zero-order valence-corrected chi connectivity index (χ0v) is 9.32. The van der Waals surface area contributed by atoms with Gasteiger partial charge in [0.2, 0.25) is 0 Å². The van der Waals surface area contributed by atoms with Crippen LogP contribution in [-0.4, -0.2) is 11.5 Å². The van der Waals surface area contributed by atoms with Crippen LogP contribution < -0.4 is 5.32 Å². The minimum atomic E-state index is -0.272. The standard InChI is InChI=1S/C13H17FN2/c14-11-5-6-13(15-7-11)16-8-12(9-1-2-9)10-3-4-10/h5-7,9-10,12H,1-4,8H2,(H,15,16). The lowest BCUT2D eigenvalue weighted by Crippen LogP contribution is -2.18. The molecule has 2 fully saturated rings. The summed E-state index contributed by atoms with van der Waals surface area (Å²) in [5.41, 5.74) is 0. The smallest absolute Gasteiger partial charge is 0.141 e. The van der Waals surface area contributed by atoms with Gasteiger partial charge in [0, 0.05) is 6.54 Å². The van der Waals surface area contributed by atoms with Crippen molar-refractivity contribution in [3.8, 4) is 0 Å². The number of anilines is 1. The molecule has 0 radical (unpaired) electrons. The van der Waals surface area contributed by atoms with Crippen LogP contribution in [0.5, 0.6) is 0 Å². The van der Waals surface area contributed by atoms with Gasteiger partial charge in [-0.3, -0.25) is 0 Å². The van der Waals surface area contributed by atoms with E-state index in [0.717, 1.165) is 30.1 Å². The second kappa shape index (κ2) is 4.04. The molecule has 3 rings (SSSR count). The topological polar surface area (TPSA) is 24.9 Å². The Bertz CT molecular complexity index is 343. The minimum Gasteiger partial charge on any atom is -0.370 e. The first-order chi connectivity index (χ1) is 7.83. The molecular weight excluding hydrogens is 203 g/mol. The predicted molar refractivity (Wildman–Crippen MR) is 61.6 cm³/mol. The molecule has 0 bridgehead atoms. The van der Waals surface area contributed by atoms with Gasteiger partial charge >= 0.3 is 0 Å². The average molecular weight is 220 g/mol. The summed E-state index contributed by atoms with van der Waals surface area (Å²) in [4.78, 5) is 4.02. The summed E-state index contributed by atoms with van der Waals surface area (Å²) in [5.74, 6) is 3.24. The van der Waals surface area contributed by atoms with E-state index in [-0.39, 0.29) is 5.82 Å². The highest BCUT2D eigenvalue weighted by Crippen LogP contribution is 2.49. The van der Waals surface area contributed by atoms with Gasteiger partial charge in [0.1, 0.15) is 11.6 Å². The fourth-order valence-corrected chi connectivity index (χ4v) is 2.47. The highest BCUT2D eigenvalue weighted by Gasteiger charge is 2.40. The molecule has 2 aliphatic rings. The average Bonchev–Trinajstić information content (AvgIpc) is 3.15. The second-order valence-electron chi connectivity index (χ2n) is 5.08. The number of halogens is 1. The third-order valence-corrected chi connectivity index (χ3v) is 3.70. The van der Waals surface area contributed by atoms with Crippen molar-refractivity contribution in [1.82, 2.24) is 4.98 Å². The van der Waals surface area contributed by atoms with Crippen molar-refractivity contribution in [2.75, 3.05) is 11.9 Å². The Morgan fingerprint density at radius 1 is 1.25 bits per heavy atom. The van der Waals surface area contributed by atoms with Gasteiger partial charge in [-0.25, -0.2) is 9.37 Å². The summed E-state index contributed by atoms with van der Waals surface area (Å²) >= 11 is 0. The zero-order chi connectivity index (χ0) is 11.0. The molecule has 0 amide bonds. The number of nitrogens with zero attached hydrogens (tertiary/aromatic N) is 1.